The van der Waals surface area contributed by atoms with E-state index in [1.807, 2.05) is 13.8 Å². The highest BCUT2D eigenvalue weighted by Crippen LogP contribution is 2.20. The maximum atomic E-state index is 13.1. The number of anilines is 1. The van der Waals surface area contributed by atoms with Crippen molar-refractivity contribution in [1.29, 1.82) is 0 Å². The number of tetrazole rings is 1. The van der Waals surface area contributed by atoms with Crippen molar-refractivity contribution < 1.29 is 9.18 Å². The Morgan fingerprint density at radius 2 is 1.96 bits per heavy atom. The minimum Gasteiger partial charge on any atom is -0.309 e. The van der Waals surface area contributed by atoms with Crippen molar-refractivity contribution >= 4 is 11.6 Å². The molecule has 1 amide bonds. The number of halogens is 1. The van der Waals surface area contributed by atoms with Crippen LogP contribution in [0, 0.1) is 12.7 Å². The van der Waals surface area contributed by atoms with E-state index < -0.39 is 0 Å². The summed E-state index contributed by atoms with van der Waals surface area (Å²) in [6.07, 6.45) is 1.50. The molecule has 2 aromatic carbocycles. The average Bonchev–Trinajstić information content (AvgIpc) is 3.11. The number of hydrogen-bond acceptors (Lipinski definition) is 4. The number of carbonyl (C=O) groups is 1. The summed E-state index contributed by atoms with van der Waals surface area (Å²) in [6.45, 7) is 4.25. The molecule has 0 bridgehead atoms. The van der Waals surface area contributed by atoms with Gasteiger partial charge in [0.25, 0.3) is 5.91 Å². The summed E-state index contributed by atoms with van der Waals surface area (Å²) in [5, 5.41) is 11.1. The molecule has 0 N–H and O–H groups in total. The summed E-state index contributed by atoms with van der Waals surface area (Å²) in [4.78, 5) is 14.4. The summed E-state index contributed by atoms with van der Waals surface area (Å²) < 4.78 is 14.6. The van der Waals surface area contributed by atoms with Gasteiger partial charge in [-0.05, 0) is 72.3 Å². The van der Waals surface area contributed by atoms with E-state index in [-0.39, 0.29) is 11.7 Å². The van der Waals surface area contributed by atoms with E-state index in [1.165, 1.54) is 18.5 Å². The van der Waals surface area contributed by atoms with E-state index in [2.05, 4.69) is 15.5 Å². The number of hydrogen-bond donors (Lipinski definition) is 0. The molecule has 122 valence electrons. The van der Waals surface area contributed by atoms with Crippen LogP contribution in [0.25, 0.3) is 5.69 Å². The predicted octanol–water partition coefficient (Wildman–Crippen LogP) is 2.78. The van der Waals surface area contributed by atoms with E-state index in [0.717, 1.165) is 11.3 Å². The molecule has 0 spiro atoms. The molecule has 0 fully saturated rings. The van der Waals surface area contributed by atoms with Gasteiger partial charge in [-0.25, -0.2) is 9.07 Å². The van der Waals surface area contributed by atoms with Crippen LogP contribution in [-0.4, -0.2) is 32.7 Å². The molecule has 6 nitrogen and oxygen atoms in total. The third kappa shape index (κ3) is 3.01. The lowest BCUT2D eigenvalue weighted by Crippen LogP contribution is -2.30. The van der Waals surface area contributed by atoms with Crippen LogP contribution < -0.4 is 4.90 Å². The quantitative estimate of drug-likeness (QED) is 0.740. The molecular formula is C17H16FN5O. The Kier molecular flexibility index (Phi) is 4.33. The molecule has 0 aliphatic heterocycles. The lowest BCUT2D eigenvalue weighted by atomic mass is 10.1. The fourth-order valence-corrected chi connectivity index (χ4v) is 2.54. The second kappa shape index (κ2) is 6.57. The SMILES string of the molecule is CCN(C(=O)c1ccc(-n2cnnn2)c(C)c1)c1ccc(F)cc1. The van der Waals surface area contributed by atoms with Crippen molar-refractivity contribution in [3.05, 3.63) is 65.7 Å². The highest BCUT2D eigenvalue weighted by Gasteiger charge is 2.17. The summed E-state index contributed by atoms with van der Waals surface area (Å²) in [6, 6.07) is 11.2. The van der Waals surface area contributed by atoms with Crippen LogP contribution in [-0.2, 0) is 0 Å². The molecule has 0 saturated carbocycles. The fraction of sp³-hybridized carbons (Fsp3) is 0.176. The molecule has 0 aliphatic rings. The fourth-order valence-electron chi connectivity index (χ4n) is 2.54. The normalized spacial score (nSPS) is 10.6. The van der Waals surface area contributed by atoms with Gasteiger partial charge in [-0.15, -0.1) is 5.10 Å². The lowest BCUT2D eigenvalue weighted by molar-refractivity contribution is 0.0988. The van der Waals surface area contributed by atoms with Crippen LogP contribution in [0.3, 0.4) is 0 Å². The van der Waals surface area contributed by atoms with Crippen LogP contribution in [0.1, 0.15) is 22.8 Å². The van der Waals surface area contributed by atoms with Crippen LogP contribution in [0.2, 0.25) is 0 Å². The van der Waals surface area contributed by atoms with Gasteiger partial charge in [0.2, 0.25) is 0 Å². The number of aromatic nitrogens is 4. The molecule has 3 rings (SSSR count). The van der Waals surface area contributed by atoms with Crippen LogP contribution in [0.4, 0.5) is 10.1 Å². The Balaban J connectivity index is 1.91. The largest absolute Gasteiger partial charge is 0.309 e. The molecular weight excluding hydrogens is 309 g/mol. The van der Waals surface area contributed by atoms with Crippen molar-refractivity contribution in [3.63, 3.8) is 0 Å². The average molecular weight is 325 g/mol. The number of rotatable bonds is 4. The van der Waals surface area contributed by atoms with Gasteiger partial charge >= 0.3 is 0 Å². The standard InChI is InChI=1S/C17H16FN5O/c1-3-22(15-7-5-14(18)6-8-15)17(24)13-4-9-16(12(2)10-13)23-11-19-20-21-23/h4-11H,3H2,1-2H3. The molecule has 7 heteroatoms. The molecule has 0 aliphatic carbocycles. The zero-order valence-electron chi connectivity index (χ0n) is 13.3. The molecule has 0 unspecified atom stereocenters. The van der Waals surface area contributed by atoms with Crippen molar-refractivity contribution in [2.45, 2.75) is 13.8 Å². The van der Waals surface area contributed by atoms with Crippen molar-refractivity contribution in [2.75, 3.05) is 11.4 Å². The second-order valence-corrected chi connectivity index (χ2v) is 5.28. The highest BCUT2D eigenvalue weighted by molar-refractivity contribution is 6.06. The van der Waals surface area contributed by atoms with Gasteiger partial charge in [-0.2, -0.15) is 0 Å². The van der Waals surface area contributed by atoms with Crippen molar-refractivity contribution in [2.24, 2.45) is 0 Å². The van der Waals surface area contributed by atoms with Gasteiger partial charge in [0.15, 0.2) is 0 Å². The zero-order valence-corrected chi connectivity index (χ0v) is 13.3. The number of aryl methyl sites for hydroxylation is 1. The first-order chi connectivity index (χ1) is 11.6. The van der Waals surface area contributed by atoms with Gasteiger partial charge in [0, 0.05) is 17.8 Å². The van der Waals surface area contributed by atoms with Gasteiger partial charge in [-0.3, -0.25) is 4.79 Å². The minimum absolute atomic E-state index is 0.143. The third-order valence-electron chi connectivity index (χ3n) is 3.74. The lowest BCUT2D eigenvalue weighted by Gasteiger charge is -2.21. The maximum absolute atomic E-state index is 13.1. The summed E-state index contributed by atoms with van der Waals surface area (Å²) in [7, 11) is 0. The Labute approximate surface area is 138 Å². The number of amides is 1. The molecule has 1 heterocycles. The molecule has 0 atom stereocenters. The summed E-state index contributed by atoms with van der Waals surface area (Å²) in [5.74, 6) is -0.473. The van der Waals surface area contributed by atoms with E-state index in [0.29, 0.717) is 17.8 Å². The third-order valence-corrected chi connectivity index (χ3v) is 3.74. The Morgan fingerprint density at radius 3 is 2.54 bits per heavy atom. The minimum atomic E-state index is -0.330. The van der Waals surface area contributed by atoms with E-state index in [4.69, 9.17) is 0 Å². The van der Waals surface area contributed by atoms with Gasteiger partial charge < -0.3 is 4.90 Å². The van der Waals surface area contributed by atoms with E-state index >= 15 is 0 Å². The first kappa shape index (κ1) is 15.8. The molecule has 24 heavy (non-hydrogen) atoms. The van der Waals surface area contributed by atoms with Crippen molar-refractivity contribution in [1.82, 2.24) is 20.2 Å². The van der Waals surface area contributed by atoms with Gasteiger partial charge in [0.1, 0.15) is 12.1 Å². The number of carbonyl (C=O) groups excluding carboxylic acids is 1. The maximum Gasteiger partial charge on any atom is 0.258 e. The highest BCUT2D eigenvalue weighted by atomic mass is 19.1. The molecule has 0 radical (unpaired) electrons. The first-order valence-corrected chi connectivity index (χ1v) is 7.51. The van der Waals surface area contributed by atoms with Gasteiger partial charge in [0.05, 0.1) is 5.69 Å². The molecule has 0 saturated heterocycles. The molecule has 1 aromatic heterocycles. The zero-order chi connectivity index (χ0) is 17.1. The van der Waals surface area contributed by atoms with E-state index in [9.17, 15) is 9.18 Å². The number of nitrogens with zero attached hydrogens (tertiary/aromatic N) is 5. The van der Waals surface area contributed by atoms with Crippen molar-refractivity contribution in [3.8, 4) is 5.69 Å². The summed E-state index contributed by atoms with van der Waals surface area (Å²) in [5.41, 5.74) is 2.89. The Bertz CT molecular complexity index is 846. The number of benzene rings is 2. The van der Waals surface area contributed by atoms with Crippen LogP contribution >= 0.6 is 0 Å². The van der Waals surface area contributed by atoms with Crippen LogP contribution in [0.5, 0.6) is 0 Å². The Morgan fingerprint density at radius 1 is 1.21 bits per heavy atom. The summed E-state index contributed by atoms with van der Waals surface area (Å²) >= 11 is 0. The van der Waals surface area contributed by atoms with Crippen LogP contribution in [0.15, 0.2) is 48.8 Å². The topological polar surface area (TPSA) is 63.9 Å². The van der Waals surface area contributed by atoms with Gasteiger partial charge in [-0.1, -0.05) is 0 Å². The van der Waals surface area contributed by atoms with E-state index in [1.54, 1.807) is 39.9 Å². The predicted molar refractivity (Wildman–Crippen MR) is 87.6 cm³/mol. The second-order valence-electron chi connectivity index (χ2n) is 5.28. The first-order valence-electron chi connectivity index (χ1n) is 7.51. The Hall–Kier alpha value is -3.09. The smallest absolute Gasteiger partial charge is 0.258 e. The monoisotopic (exact) mass is 325 g/mol. The molecule has 3 aromatic rings.